The van der Waals surface area contributed by atoms with Crippen molar-refractivity contribution in [2.24, 2.45) is 0 Å². The highest BCUT2D eigenvalue weighted by Gasteiger charge is 2.18. The number of aromatic nitrogens is 2. The molecule has 0 aromatic carbocycles. The molecule has 5 nitrogen and oxygen atoms in total. The Balaban J connectivity index is 2.06. The Morgan fingerprint density at radius 3 is 2.67 bits per heavy atom. The van der Waals surface area contributed by atoms with Crippen molar-refractivity contribution in [2.75, 3.05) is 18.0 Å². The van der Waals surface area contributed by atoms with E-state index in [1.807, 2.05) is 28.8 Å². The summed E-state index contributed by atoms with van der Waals surface area (Å²) < 4.78 is 1.94. The zero-order valence-corrected chi connectivity index (χ0v) is 11.9. The summed E-state index contributed by atoms with van der Waals surface area (Å²) in [6.07, 6.45) is 9.58. The van der Waals surface area contributed by atoms with E-state index in [0.717, 1.165) is 43.1 Å². The van der Waals surface area contributed by atoms with Crippen LogP contribution in [0.4, 0.5) is 5.82 Å². The van der Waals surface area contributed by atoms with Gasteiger partial charge in [0.05, 0.1) is 5.69 Å². The largest absolute Gasteiger partial charge is 0.478 e. The van der Waals surface area contributed by atoms with Gasteiger partial charge in [-0.05, 0) is 31.1 Å². The van der Waals surface area contributed by atoms with Gasteiger partial charge >= 0.3 is 5.97 Å². The third kappa shape index (κ3) is 2.91. The van der Waals surface area contributed by atoms with Crippen LogP contribution in [0.15, 0.2) is 30.5 Å². The highest BCUT2D eigenvalue weighted by Crippen LogP contribution is 2.25. The van der Waals surface area contributed by atoms with Gasteiger partial charge in [-0.25, -0.2) is 9.78 Å². The maximum atomic E-state index is 10.8. The minimum Gasteiger partial charge on any atom is -0.478 e. The molecule has 0 atom stereocenters. The molecule has 1 saturated heterocycles. The predicted octanol–water partition coefficient (Wildman–Crippen LogP) is 2.81. The topological polar surface area (TPSA) is 57.8 Å². The van der Waals surface area contributed by atoms with Crippen molar-refractivity contribution in [1.29, 1.82) is 0 Å². The van der Waals surface area contributed by atoms with Gasteiger partial charge < -0.3 is 10.0 Å². The fourth-order valence-electron chi connectivity index (χ4n) is 2.82. The molecule has 2 aromatic rings. The van der Waals surface area contributed by atoms with E-state index in [9.17, 15) is 4.79 Å². The number of carbonyl (C=O) groups is 1. The Bertz CT molecular complexity index is 667. The average molecular weight is 285 g/mol. The average Bonchev–Trinajstić information content (AvgIpc) is 2.66. The van der Waals surface area contributed by atoms with Crippen molar-refractivity contribution >= 4 is 23.5 Å². The van der Waals surface area contributed by atoms with Crippen LogP contribution in [0.1, 0.15) is 31.4 Å². The van der Waals surface area contributed by atoms with Crippen LogP contribution in [0.25, 0.3) is 11.7 Å². The number of imidazole rings is 1. The van der Waals surface area contributed by atoms with Gasteiger partial charge in [0.1, 0.15) is 5.65 Å². The molecular formula is C16H19N3O2. The second kappa shape index (κ2) is 5.99. The lowest BCUT2D eigenvalue weighted by Gasteiger charge is -2.20. The van der Waals surface area contributed by atoms with Crippen LogP contribution in [-0.2, 0) is 4.79 Å². The molecule has 0 saturated carbocycles. The lowest BCUT2D eigenvalue weighted by Crippen LogP contribution is -2.25. The van der Waals surface area contributed by atoms with Crippen molar-refractivity contribution < 1.29 is 9.90 Å². The second-order valence-corrected chi connectivity index (χ2v) is 5.32. The maximum absolute atomic E-state index is 10.8. The summed E-state index contributed by atoms with van der Waals surface area (Å²) in [5.41, 5.74) is 1.69. The molecule has 1 aliphatic rings. The van der Waals surface area contributed by atoms with Gasteiger partial charge in [-0.15, -0.1) is 0 Å². The summed E-state index contributed by atoms with van der Waals surface area (Å²) in [5.74, 6) is -0.0525. The Morgan fingerprint density at radius 1 is 1.19 bits per heavy atom. The van der Waals surface area contributed by atoms with Crippen molar-refractivity contribution in [3.8, 4) is 0 Å². The first-order valence-electron chi connectivity index (χ1n) is 7.39. The molecule has 3 rings (SSSR count). The maximum Gasteiger partial charge on any atom is 0.328 e. The van der Waals surface area contributed by atoms with E-state index in [1.165, 1.54) is 18.9 Å². The molecule has 1 N–H and O–H groups in total. The van der Waals surface area contributed by atoms with E-state index in [0.29, 0.717) is 0 Å². The number of carboxylic acid groups (broad SMARTS) is 1. The summed E-state index contributed by atoms with van der Waals surface area (Å²) in [4.78, 5) is 17.8. The van der Waals surface area contributed by atoms with E-state index in [-0.39, 0.29) is 0 Å². The molecule has 110 valence electrons. The number of aliphatic carboxylic acids is 1. The molecule has 5 heteroatoms. The van der Waals surface area contributed by atoms with Crippen molar-refractivity contribution in [3.63, 3.8) is 0 Å². The van der Waals surface area contributed by atoms with Gasteiger partial charge in [0.15, 0.2) is 5.82 Å². The van der Waals surface area contributed by atoms with Crippen molar-refractivity contribution in [1.82, 2.24) is 9.38 Å². The van der Waals surface area contributed by atoms with Crippen LogP contribution >= 0.6 is 0 Å². The van der Waals surface area contributed by atoms with E-state index in [1.54, 1.807) is 6.08 Å². The van der Waals surface area contributed by atoms with Crippen LogP contribution in [-0.4, -0.2) is 33.6 Å². The van der Waals surface area contributed by atoms with Crippen LogP contribution in [0.2, 0.25) is 0 Å². The Hall–Kier alpha value is -2.30. The Kier molecular flexibility index (Phi) is 3.90. The highest BCUT2D eigenvalue weighted by molar-refractivity contribution is 5.86. The van der Waals surface area contributed by atoms with Crippen LogP contribution < -0.4 is 4.90 Å². The van der Waals surface area contributed by atoms with Gasteiger partial charge in [-0.3, -0.25) is 4.40 Å². The van der Waals surface area contributed by atoms with E-state index in [2.05, 4.69) is 4.90 Å². The number of carboxylic acids is 1. The molecule has 3 heterocycles. The standard InChI is InChI=1S/C16H19N3O2/c20-15(21)9-8-13-16(18-10-4-1-2-5-11-18)17-14-7-3-6-12-19(13)14/h3,6-9,12H,1-2,4-5,10-11H2,(H,20,21)/b9-8+. The SMILES string of the molecule is O=C(O)/C=C/c1c(N2CCCCCC2)nc2ccccn12. The monoisotopic (exact) mass is 285 g/mol. The number of hydrogen-bond acceptors (Lipinski definition) is 3. The Morgan fingerprint density at radius 2 is 1.95 bits per heavy atom. The molecule has 1 aliphatic heterocycles. The van der Waals surface area contributed by atoms with Crippen LogP contribution in [0.3, 0.4) is 0 Å². The Labute approximate surface area is 123 Å². The molecule has 2 aromatic heterocycles. The first kappa shape index (κ1) is 13.7. The van der Waals surface area contributed by atoms with E-state index >= 15 is 0 Å². The molecule has 0 spiro atoms. The summed E-state index contributed by atoms with van der Waals surface area (Å²) in [6, 6.07) is 5.82. The van der Waals surface area contributed by atoms with E-state index in [4.69, 9.17) is 10.1 Å². The number of anilines is 1. The zero-order chi connectivity index (χ0) is 14.7. The molecule has 0 bridgehead atoms. The highest BCUT2D eigenvalue weighted by atomic mass is 16.4. The minimum absolute atomic E-state index is 0.843. The minimum atomic E-state index is -0.942. The lowest BCUT2D eigenvalue weighted by molar-refractivity contribution is -0.131. The summed E-state index contributed by atoms with van der Waals surface area (Å²) >= 11 is 0. The number of nitrogens with zero attached hydrogens (tertiary/aromatic N) is 3. The number of pyridine rings is 1. The van der Waals surface area contributed by atoms with Crippen molar-refractivity contribution in [3.05, 3.63) is 36.2 Å². The first-order chi connectivity index (χ1) is 10.3. The summed E-state index contributed by atoms with van der Waals surface area (Å²) in [6.45, 7) is 1.97. The number of rotatable bonds is 3. The first-order valence-corrected chi connectivity index (χ1v) is 7.39. The molecule has 21 heavy (non-hydrogen) atoms. The molecule has 0 unspecified atom stereocenters. The van der Waals surface area contributed by atoms with Crippen molar-refractivity contribution in [2.45, 2.75) is 25.7 Å². The smallest absolute Gasteiger partial charge is 0.328 e. The third-order valence-electron chi connectivity index (χ3n) is 3.84. The van der Waals surface area contributed by atoms with Crippen LogP contribution in [0.5, 0.6) is 0 Å². The van der Waals surface area contributed by atoms with Gasteiger partial charge in [0, 0.05) is 25.4 Å². The predicted molar refractivity (Wildman–Crippen MR) is 82.5 cm³/mol. The third-order valence-corrected chi connectivity index (χ3v) is 3.84. The van der Waals surface area contributed by atoms with Gasteiger partial charge in [0.25, 0.3) is 0 Å². The number of fused-ring (bicyclic) bond motifs is 1. The molecule has 0 radical (unpaired) electrons. The lowest BCUT2D eigenvalue weighted by atomic mass is 10.2. The molecule has 0 aliphatic carbocycles. The van der Waals surface area contributed by atoms with Gasteiger partial charge in [0.2, 0.25) is 0 Å². The van der Waals surface area contributed by atoms with E-state index < -0.39 is 5.97 Å². The van der Waals surface area contributed by atoms with Gasteiger partial charge in [-0.1, -0.05) is 18.9 Å². The van der Waals surface area contributed by atoms with Crippen LogP contribution in [0, 0.1) is 0 Å². The quantitative estimate of drug-likeness (QED) is 0.881. The molecule has 1 fully saturated rings. The fourth-order valence-corrected chi connectivity index (χ4v) is 2.82. The normalized spacial score (nSPS) is 16.5. The summed E-state index contributed by atoms with van der Waals surface area (Å²) in [7, 11) is 0. The zero-order valence-electron chi connectivity index (χ0n) is 11.9. The second-order valence-electron chi connectivity index (χ2n) is 5.32. The van der Waals surface area contributed by atoms with Gasteiger partial charge in [-0.2, -0.15) is 0 Å². The molecular weight excluding hydrogens is 266 g/mol. The summed E-state index contributed by atoms with van der Waals surface area (Å²) in [5, 5.41) is 8.90. The fraction of sp³-hybridized carbons (Fsp3) is 0.375. The number of hydrogen-bond donors (Lipinski definition) is 1. The molecule has 0 amide bonds.